The highest BCUT2D eigenvalue weighted by atomic mass is 32.2. The summed E-state index contributed by atoms with van der Waals surface area (Å²) >= 11 is 0. The normalized spacial score (nSPS) is 12.2. The van der Waals surface area contributed by atoms with Crippen LogP contribution in [0.15, 0.2) is 23.1 Å². The van der Waals surface area contributed by atoms with Gasteiger partial charge < -0.3 is 10.6 Å². The van der Waals surface area contributed by atoms with Crippen LogP contribution in [0.1, 0.15) is 0 Å². The van der Waals surface area contributed by atoms with Gasteiger partial charge in [-0.15, -0.1) is 0 Å². The molecule has 0 aliphatic rings. The number of nitrogens with one attached hydrogen (secondary N) is 2. The van der Waals surface area contributed by atoms with E-state index in [4.69, 9.17) is 0 Å². The van der Waals surface area contributed by atoms with Gasteiger partial charge in [0.1, 0.15) is 5.82 Å². The number of halogens is 4. The average molecular weight is 328 g/mol. The lowest BCUT2D eigenvalue weighted by atomic mass is 10.3. The molecule has 0 bridgehead atoms. The Morgan fingerprint density at radius 3 is 2.43 bits per heavy atom. The Kier molecular flexibility index (Phi) is 5.29. The van der Waals surface area contributed by atoms with Gasteiger partial charge in [0.2, 0.25) is 5.91 Å². The van der Waals surface area contributed by atoms with Gasteiger partial charge in [0.15, 0.2) is 9.84 Å². The van der Waals surface area contributed by atoms with Gasteiger partial charge in [-0.05, 0) is 18.2 Å². The number of sulfone groups is 1. The summed E-state index contributed by atoms with van der Waals surface area (Å²) in [6.07, 6.45) is -3.57. The van der Waals surface area contributed by atoms with Crippen LogP contribution in [0.25, 0.3) is 0 Å². The van der Waals surface area contributed by atoms with E-state index in [0.717, 1.165) is 24.5 Å². The fraction of sp³-hybridized carbons (Fsp3) is 0.364. The van der Waals surface area contributed by atoms with Crippen molar-refractivity contribution in [2.24, 2.45) is 0 Å². The van der Waals surface area contributed by atoms with Crippen molar-refractivity contribution in [3.8, 4) is 0 Å². The Hall–Kier alpha value is -1.68. The first-order chi connectivity index (χ1) is 9.49. The van der Waals surface area contributed by atoms with Gasteiger partial charge in [-0.2, -0.15) is 13.2 Å². The van der Waals surface area contributed by atoms with E-state index in [2.05, 4.69) is 0 Å². The quantitative estimate of drug-likeness (QED) is 0.631. The third-order valence-electron chi connectivity index (χ3n) is 2.25. The smallest absolute Gasteiger partial charge is 0.322 e. The van der Waals surface area contributed by atoms with Gasteiger partial charge in [0, 0.05) is 6.26 Å². The third kappa shape index (κ3) is 6.08. The fourth-order valence-corrected chi connectivity index (χ4v) is 1.99. The topological polar surface area (TPSA) is 75.3 Å². The van der Waals surface area contributed by atoms with Gasteiger partial charge in [-0.3, -0.25) is 4.79 Å². The SMILES string of the molecule is CS(=O)(=O)c1ccc(F)c(NC(=O)CNCC(F)(F)F)c1. The second-order valence-electron chi connectivity index (χ2n) is 4.18. The summed E-state index contributed by atoms with van der Waals surface area (Å²) in [6, 6.07) is 2.75. The standard InChI is InChI=1S/C11H12F4N2O3S/c1-21(19,20)7-2-3-8(12)9(4-7)17-10(18)5-16-6-11(13,14)15/h2-4,16H,5-6H2,1H3,(H,17,18). The van der Waals surface area contributed by atoms with Crippen LogP contribution in [-0.4, -0.2) is 39.8 Å². The Morgan fingerprint density at radius 1 is 1.29 bits per heavy atom. The van der Waals surface area contributed by atoms with Crippen LogP contribution in [0.5, 0.6) is 0 Å². The van der Waals surface area contributed by atoms with Gasteiger partial charge >= 0.3 is 6.18 Å². The number of carbonyl (C=O) groups is 1. The minimum absolute atomic E-state index is 0.220. The summed E-state index contributed by atoms with van der Waals surface area (Å²) in [6.45, 7) is -2.06. The predicted molar refractivity (Wildman–Crippen MR) is 67.1 cm³/mol. The molecule has 118 valence electrons. The molecule has 0 unspecified atom stereocenters. The number of rotatable bonds is 5. The molecule has 2 N–H and O–H groups in total. The highest BCUT2D eigenvalue weighted by Crippen LogP contribution is 2.19. The van der Waals surface area contributed by atoms with Crippen LogP contribution in [-0.2, 0) is 14.6 Å². The molecule has 0 heterocycles. The van der Waals surface area contributed by atoms with Gasteiger partial charge in [0.25, 0.3) is 0 Å². The molecule has 0 radical (unpaired) electrons. The predicted octanol–water partition coefficient (Wildman–Crippen LogP) is 1.32. The summed E-state index contributed by atoms with van der Waals surface area (Å²) in [5, 5.41) is 3.83. The number of hydrogen-bond donors (Lipinski definition) is 2. The molecule has 1 aromatic rings. The number of alkyl halides is 3. The molecular formula is C11H12F4N2O3S. The molecule has 1 amide bonds. The maximum atomic E-state index is 13.4. The van der Waals surface area contributed by atoms with E-state index in [9.17, 15) is 30.8 Å². The maximum Gasteiger partial charge on any atom is 0.401 e. The van der Waals surface area contributed by atoms with Crippen molar-refractivity contribution in [1.29, 1.82) is 0 Å². The molecule has 0 atom stereocenters. The Balaban J connectivity index is 2.72. The zero-order valence-electron chi connectivity index (χ0n) is 10.8. The Morgan fingerprint density at radius 2 is 1.90 bits per heavy atom. The molecule has 0 spiro atoms. The molecule has 0 fully saturated rings. The van der Waals surface area contributed by atoms with Crippen LogP contribution >= 0.6 is 0 Å². The molecule has 1 aromatic carbocycles. The number of anilines is 1. The van der Waals surface area contributed by atoms with Crippen LogP contribution < -0.4 is 10.6 Å². The first-order valence-electron chi connectivity index (χ1n) is 5.56. The zero-order chi connectivity index (χ0) is 16.3. The summed E-state index contributed by atoms with van der Waals surface area (Å²) in [5.41, 5.74) is -0.420. The van der Waals surface area contributed by atoms with E-state index in [1.165, 1.54) is 0 Å². The third-order valence-corrected chi connectivity index (χ3v) is 3.36. The number of benzene rings is 1. The zero-order valence-corrected chi connectivity index (χ0v) is 11.6. The van der Waals surface area contributed by atoms with Crippen molar-refractivity contribution in [3.05, 3.63) is 24.0 Å². The summed E-state index contributed by atoms with van der Waals surface area (Å²) in [5.74, 6) is -1.82. The van der Waals surface area contributed by atoms with E-state index < -0.39 is 46.5 Å². The van der Waals surface area contributed by atoms with Gasteiger partial charge in [0.05, 0.1) is 23.7 Å². The second-order valence-corrected chi connectivity index (χ2v) is 6.20. The fourth-order valence-electron chi connectivity index (χ4n) is 1.34. The Bertz CT molecular complexity index is 629. The van der Waals surface area contributed by atoms with E-state index in [-0.39, 0.29) is 4.90 Å². The molecule has 10 heteroatoms. The molecule has 0 aromatic heterocycles. The lowest BCUT2D eigenvalue weighted by Crippen LogP contribution is -2.35. The summed E-state index contributed by atoms with van der Waals surface area (Å²) < 4.78 is 71.6. The minimum Gasteiger partial charge on any atom is -0.322 e. The summed E-state index contributed by atoms with van der Waals surface area (Å²) in [7, 11) is -3.60. The van der Waals surface area contributed by atoms with Crippen molar-refractivity contribution >= 4 is 21.4 Å². The monoisotopic (exact) mass is 328 g/mol. The molecule has 1 rings (SSSR count). The summed E-state index contributed by atoms with van der Waals surface area (Å²) in [4.78, 5) is 11.1. The molecule has 0 aliphatic carbocycles. The molecule has 0 saturated carbocycles. The first kappa shape index (κ1) is 17.4. The van der Waals surface area contributed by atoms with Crippen LogP contribution in [0.4, 0.5) is 23.2 Å². The van der Waals surface area contributed by atoms with Crippen LogP contribution in [0.2, 0.25) is 0 Å². The minimum atomic E-state index is -4.47. The molecular weight excluding hydrogens is 316 g/mol. The van der Waals surface area contributed by atoms with Crippen molar-refractivity contribution in [1.82, 2.24) is 5.32 Å². The average Bonchev–Trinajstić information content (AvgIpc) is 2.28. The van der Waals surface area contributed by atoms with E-state index >= 15 is 0 Å². The van der Waals surface area contributed by atoms with Crippen molar-refractivity contribution < 1.29 is 30.8 Å². The number of carbonyl (C=O) groups excluding carboxylic acids is 1. The van der Waals surface area contributed by atoms with E-state index in [0.29, 0.717) is 0 Å². The largest absolute Gasteiger partial charge is 0.401 e. The van der Waals surface area contributed by atoms with Crippen LogP contribution in [0, 0.1) is 5.82 Å². The molecule has 5 nitrogen and oxygen atoms in total. The van der Waals surface area contributed by atoms with Crippen LogP contribution in [0.3, 0.4) is 0 Å². The van der Waals surface area contributed by atoms with Gasteiger partial charge in [-0.25, -0.2) is 12.8 Å². The van der Waals surface area contributed by atoms with Gasteiger partial charge in [-0.1, -0.05) is 0 Å². The highest BCUT2D eigenvalue weighted by molar-refractivity contribution is 7.90. The van der Waals surface area contributed by atoms with E-state index in [1.807, 2.05) is 10.6 Å². The van der Waals surface area contributed by atoms with Crippen molar-refractivity contribution in [3.63, 3.8) is 0 Å². The second kappa shape index (κ2) is 6.39. The Labute approximate surface area is 118 Å². The highest BCUT2D eigenvalue weighted by Gasteiger charge is 2.26. The lowest BCUT2D eigenvalue weighted by molar-refractivity contribution is -0.127. The van der Waals surface area contributed by atoms with E-state index in [1.54, 1.807) is 0 Å². The number of amides is 1. The number of hydrogen-bond acceptors (Lipinski definition) is 4. The molecule has 0 saturated heterocycles. The van der Waals surface area contributed by atoms with Crippen molar-refractivity contribution in [2.45, 2.75) is 11.1 Å². The molecule has 21 heavy (non-hydrogen) atoms. The molecule has 0 aliphatic heterocycles. The lowest BCUT2D eigenvalue weighted by Gasteiger charge is -2.10. The maximum absolute atomic E-state index is 13.4. The van der Waals surface area contributed by atoms with Crippen molar-refractivity contribution in [2.75, 3.05) is 24.7 Å². The first-order valence-corrected chi connectivity index (χ1v) is 7.45.